The number of aromatic nitrogens is 2. The minimum absolute atomic E-state index is 0.427. The summed E-state index contributed by atoms with van der Waals surface area (Å²) in [7, 11) is 0. The summed E-state index contributed by atoms with van der Waals surface area (Å²) in [6, 6.07) is 20.2. The van der Waals surface area contributed by atoms with Crippen LogP contribution in [0.3, 0.4) is 0 Å². The van der Waals surface area contributed by atoms with Crippen LogP contribution in [0.15, 0.2) is 71.5 Å². The first-order valence-electron chi connectivity index (χ1n) is 7.05. The Balaban J connectivity index is 1.67. The van der Waals surface area contributed by atoms with Gasteiger partial charge >= 0.3 is 0 Å². The maximum absolute atomic E-state index is 6.01. The quantitative estimate of drug-likeness (QED) is 0.527. The molecule has 0 saturated heterocycles. The zero-order chi connectivity index (χ0) is 14.9. The molecular formula is C18H13BrN2O. The molecule has 4 rings (SSSR count). The van der Waals surface area contributed by atoms with E-state index in [1.54, 1.807) is 0 Å². The number of ether oxygens (including phenoxy) is 1. The summed E-state index contributed by atoms with van der Waals surface area (Å²) in [6.45, 7) is 0.427. The van der Waals surface area contributed by atoms with Crippen LogP contribution in [0, 0.1) is 0 Å². The lowest BCUT2D eigenvalue weighted by molar-refractivity contribution is 0.305. The van der Waals surface area contributed by atoms with Crippen molar-refractivity contribution in [3.8, 4) is 5.75 Å². The monoisotopic (exact) mass is 352 g/mol. The molecule has 0 atom stereocenters. The van der Waals surface area contributed by atoms with Crippen molar-refractivity contribution in [3.05, 3.63) is 77.2 Å². The van der Waals surface area contributed by atoms with Crippen molar-refractivity contribution < 1.29 is 4.74 Å². The van der Waals surface area contributed by atoms with Crippen LogP contribution < -0.4 is 4.74 Å². The van der Waals surface area contributed by atoms with E-state index in [9.17, 15) is 0 Å². The number of pyridine rings is 1. The molecule has 0 unspecified atom stereocenters. The maximum Gasteiger partial charge on any atom is 0.138 e. The number of hydrogen-bond acceptors (Lipinski definition) is 2. The summed E-state index contributed by atoms with van der Waals surface area (Å²) >= 11 is 3.60. The van der Waals surface area contributed by atoms with Gasteiger partial charge in [0, 0.05) is 11.6 Å². The average molecular weight is 353 g/mol. The first-order chi connectivity index (χ1) is 10.8. The Labute approximate surface area is 136 Å². The number of hydrogen-bond donors (Lipinski definition) is 0. The van der Waals surface area contributed by atoms with E-state index in [1.165, 1.54) is 5.39 Å². The molecule has 0 bridgehead atoms. The van der Waals surface area contributed by atoms with Crippen LogP contribution in [0.25, 0.3) is 16.4 Å². The highest BCUT2D eigenvalue weighted by Gasteiger charge is 2.10. The Hall–Kier alpha value is -2.33. The molecule has 4 heteroatoms. The summed E-state index contributed by atoms with van der Waals surface area (Å²) in [5.74, 6) is 0.877. The van der Waals surface area contributed by atoms with E-state index in [0.29, 0.717) is 6.61 Å². The van der Waals surface area contributed by atoms with Gasteiger partial charge in [-0.1, -0.05) is 42.5 Å². The van der Waals surface area contributed by atoms with Gasteiger partial charge in [-0.15, -0.1) is 0 Å². The standard InChI is InChI=1S/C18H13BrN2O/c19-18-15(20-17-10-3-4-11-21(17)18)12-22-16-9-5-7-13-6-1-2-8-14(13)16/h1-11H,12H2. The van der Waals surface area contributed by atoms with Crippen molar-refractivity contribution >= 4 is 32.3 Å². The second-order valence-electron chi connectivity index (χ2n) is 5.04. The molecule has 0 spiro atoms. The fourth-order valence-corrected chi connectivity index (χ4v) is 3.08. The molecule has 0 amide bonds. The van der Waals surface area contributed by atoms with Gasteiger partial charge < -0.3 is 4.74 Å². The maximum atomic E-state index is 6.01. The average Bonchev–Trinajstić information content (AvgIpc) is 2.89. The van der Waals surface area contributed by atoms with E-state index in [-0.39, 0.29) is 0 Å². The molecule has 3 nitrogen and oxygen atoms in total. The topological polar surface area (TPSA) is 26.5 Å². The van der Waals surface area contributed by atoms with Crippen molar-refractivity contribution in [2.45, 2.75) is 6.61 Å². The van der Waals surface area contributed by atoms with E-state index in [2.05, 4.69) is 39.1 Å². The highest BCUT2D eigenvalue weighted by molar-refractivity contribution is 9.10. The van der Waals surface area contributed by atoms with Gasteiger partial charge in [-0.3, -0.25) is 4.40 Å². The lowest BCUT2D eigenvalue weighted by Crippen LogP contribution is -1.97. The van der Waals surface area contributed by atoms with Gasteiger partial charge in [-0.25, -0.2) is 4.98 Å². The van der Waals surface area contributed by atoms with Gasteiger partial charge in [0.2, 0.25) is 0 Å². The molecule has 0 N–H and O–H groups in total. The molecule has 0 aliphatic rings. The molecule has 108 valence electrons. The molecule has 0 aliphatic carbocycles. The van der Waals surface area contributed by atoms with Crippen LogP contribution >= 0.6 is 15.9 Å². The summed E-state index contributed by atoms with van der Waals surface area (Å²) in [4.78, 5) is 4.60. The summed E-state index contributed by atoms with van der Waals surface area (Å²) in [5, 5.41) is 2.29. The van der Waals surface area contributed by atoms with Crippen molar-refractivity contribution in [1.29, 1.82) is 0 Å². The molecule has 2 aromatic carbocycles. The molecular weight excluding hydrogens is 340 g/mol. The number of fused-ring (bicyclic) bond motifs is 2. The van der Waals surface area contributed by atoms with Crippen molar-refractivity contribution in [2.75, 3.05) is 0 Å². The predicted octanol–water partition coefficient (Wildman–Crippen LogP) is 4.83. The van der Waals surface area contributed by atoms with Crippen molar-refractivity contribution in [3.63, 3.8) is 0 Å². The van der Waals surface area contributed by atoms with E-state index in [1.807, 2.05) is 53.1 Å². The predicted molar refractivity (Wildman–Crippen MR) is 91.2 cm³/mol. The fraction of sp³-hybridized carbons (Fsp3) is 0.0556. The second kappa shape index (κ2) is 5.46. The first kappa shape index (κ1) is 13.3. The van der Waals surface area contributed by atoms with Crippen LogP contribution in [-0.4, -0.2) is 9.38 Å². The summed E-state index contributed by atoms with van der Waals surface area (Å²) < 4.78 is 8.95. The third-order valence-corrected chi connectivity index (χ3v) is 4.49. The minimum atomic E-state index is 0.427. The van der Waals surface area contributed by atoms with Crippen LogP contribution in [0.1, 0.15) is 5.69 Å². The Morgan fingerprint density at radius 2 is 1.77 bits per heavy atom. The van der Waals surface area contributed by atoms with E-state index in [0.717, 1.165) is 27.1 Å². The highest BCUT2D eigenvalue weighted by atomic mass is 79.9. The molecule has 0 aliphatic heterocycles. The third-order valence-electron chi connectivity index (χ3n) is 3.65. The zero-order valence-corrected chi connectivity index (χ0v) is 13.3. The summed E-state index contributed by atoms with van der Waals surface area (Å²) in [5.41, 5.74) is 1.80. The van der Waals surface area contributed by atoms with E-state index in [4.69, 9.17) is 4.74 Å². The minimum Gasteiger partial charge on any atom is -0.487 e. The Bertz CT molecular complexity index is 956. The summed E-state index contributed by atoms with van der Waals surface area (Å²) in [6.07, 6.45) is 1.98. The fourth-order valence-electron chi connectivity index (χ4n) is 2.57. The lowest BCUT2D eigenvalue weighted by Gasteiger charge is -2.08. The third kappa shape index (κ3) is 2.25. The smallest absolute Gasteiger partial charge is 0.138 e. The number of imidazole rings is 1. The molecule has 0 saturated carbocycles. The lowest BCUT2D eigenvalue weighted by atomic mass is 10.1. The van der Waals surface area contributed by atoms with E-state index < -0.39 is 0 Å². The molecule has 2 aromatic heterocycles. The number of benzene rings is 2. The highest BCUT2D eigenvalue weighted by Crippen LogP contribution is 2.27. The molecule has 2 heterocycles. The largest absolute Gasteiger partial charge is 0.487 e. The van der Waals surface area contributed by atoms with Gasteiger partial charge in [-0.05, 0) is 39.5 Å². The van der Waals surface area contributed by atoms with E-state index >= 15 is 0 Å². The van der Waals surface area contributed by atoms with Crippen molar-refractivity contribution in [1.82, 2.24) is 9.38 Å². The normalized spacial score (nSPS) is 11.1. The van der Waals surface area contributed by atoms with Crippen molar-refractivity contribution in [2.24, 2.45) is 0 Å². The van der Waals surface area contributed by atoms with Crippen LogP contribution in [0.5, 0.6) is 5.75 Å². The van der Waals surface area contributed by atoms with Gasteiger partial charge in [-0.2, -0.15) is 0 Å². The zero-order valence-electron chi connectivity index (χ0n) is 11.7. The Morgan fingerprint density at radius 3 is 2.68 bits per heavy atom. The number of nitrogens with zero attached hydrogens (tertiary/aromatic N) is 2. The van der Waals surface area contributed by atoms with Crippen LogP contribution in [0.2, 0.25) is 0 Å². The Kier molecular flexibility index (Phi) is 3.31. The molecule has 4 aromatic rings. The SMILES string of the molecule is Brc1c(COc2cccc3ccccc23)nc2ccccn12. The molecule has 0 radical (unpaired) electrons. The number of rotatable bonds is 3. The second-order valence-corrected chi connectivity index (χ2v) is 5.80. The van der Waals surface area contributed by atoms with Gasteiger partial charge in [0.25, 0.3) is 0 Å². The molecule has 22 heavy (non-hydrogen) atoms. The van der Waals surface area contributed by atoms with Gasteiger partial charge in [0.05, 0.1) is 0 Å². The van der Waals surface area contributed by atoms with Crippen LogP contribution in [0.4, 0.5) is 0 Å². The first-order valence-corrected chi connectivity index (χ1v) is 7.84. The van der Waals surface area contributed by atoms with Crippen LogP contribution in [-0.2, 0) is 6.61 Å². The molecule has 0 fully saturated rings. The Morgan fingerprint density at radius 1 is 0.955 bits per heavy atom. The number of halogens is 1. The van der Waals surface area contributed by atoms with Gasteiger partial charge in [0.15, 0.2) is 0 Å². The van der Waals surface area contributed by atoms with Gasteiger partial charge in [0.1, 0.15) is 28.3 Å².